The van der Waals surface area contributed by atoms with Crippen LogP contribution in [0.3, 0.4) is 0 Å². The van der Waals surface area contributed by atoms with Crippen LogP contribution in [0.4, 0.5) is 0 Å². The predicted molar refractivity (Wildman–Crippen MR) is 113 cm³/mol. The zero-order valence-corrected chi connectivity index (χ0v) is 17.7. The Morgan fingerprint density at radius 2 is 1.03 bits per heavy atom. The molecule has 4 aliphatic rings. The third-order valence-corrected chi connectivity index (χ3v) is 5.52. The van der Waals surface area contributed by atoms with Crippen LogP contribution < -0.4 is 18.9 Å². The smallest absolute Gasteiger partial charge is 0.134 e. The van der Waals surface area contributed by atoms with Gasteiger partial charge >= 0.3 is 0 Å². The van der Waals surface area contributed by atoms with Crippen molar-refractivity contribution >= 4 is 0 Å². The lowest BCUT2D eigenvalue weighted by molar-refractivity contribution is 0.242. The zero-order chi connectivity index (χ0) is 21.3. The van der Waals surface area contributed by atoms with Crippen LogP contribution in [0, 0.1) is 0 Å². The molecule has 0 amide bonds. The van der Waals surface area contributed by atoms with Gasteiger partial charge < -0.3 is 37.9 Å². The lowest BCUT2D eigenvalue weighted by Crippen LogP contribution is -2.10. The van der Waals surface area contributed by atoms with Gasteiger partial charge in [0, 0.05) is 17.7 Å². The van der Waals surface area contributed by atoms with Crippen molar-refractivity contribution in [2.45, 2.75) is 24.4 Å². The Morgan fingerprint density at radius 1 is 0.594 bits per heavy atom. The Hall–Kier alpha value is -2.52. The summed E-state index contributed by atoms with van der Waals surface area (Å²) in [4.78, 5) is 0. The molecule has 0 aromatic heterocycles. The highest BCUT2D eigenvalue weighted by Gasteiger charge is 2.29. The van der Waals surface area contributed by atoms with E-state index in [1.807, 2.05) is 36.4 Å². The summed E-state index contributed by atoms with van der Waals surface area (Å²) in [5.74, 6) is 2.76. The fourth-order valence-corrected chi connectivity index (χ4v) is 3.34. The number of para-hydroxylation sites is 1. The van der Waals surface area contributed by atoms with E-state index >= 15 is 0 Å². The number of epoxide rings is 4. The summed E-state index contributed by atoms with van der Waals surface area (Å²) >= 11 is 0. The SMILES string of the molecule is c1ccc(-c2c(OCC3CO3)cc(OCC3CO3)cc2OCC2CO2)c(OCC2CO2)c1. The number of benzene rings is 2. The first kappa shape index (κ1) is 20.1. The molecule has 32 heavy (non-hydrogen) atoms. The Balaban J connectivity index is 1.35. The second kappa shape index (κ2) is 8.78. The lowest BCUT2D eigenvalue weighted by Gasteiger charge is -2.20. The molecule has 4 unspecified atom stereocenters. The molecule has 4 fully saturated rings. The van der Waals surface area contributed by atoms with Crippen molar-refractivity contribution in [3.63, 3.8) is 0 Å². The van der Waals surface area contributed by atoms with Gasteiger partial charge in [-0.15, -0.1) is 0 Å². The van der Waals surface area contributed by atoms with Crippen LogP contribution in [0.5, 0.6) is 23.0 Å². The summed E-state index contributed by atoms with van der Waals surface area (Å²) in [5.41, 5.74) is 1.72. The van der Waals surface area contributed by atoms with Crippen LogP contribution in [0.15, 0.2) is 36.4 Å². The van der Waals surface area contributed by atoms with Gasteiger partial charge in [-0.25, -0.2) is 0 Å². The highest BCUT2D eigenvalue weighted by atomic mass is 16.6. The van der Waals surface area contributed by atoms with Gasteiger partial charge in [0.25, 0.3) is 0 Å². The molecule has 8 nitrogen and oxygen atoms in total. The summed E-state index contributed by atoms with van der Waals surface area (Å²) in [6.07, 6.45) is 0.556. The summed E-state index contributed by atoms with van der Waals surface area (Å²) < 4.78 is 45.7. The maximum Gasteiger partial charge on any atom is 0.134 e. The Kier molecular flexibility index (Phi) is 5.52. The first-order valence-electron chi connectivity index (χ1n) is 11.1. The molecule has 0 spiro atoms. The molecular weight excluding hydrogens is 416 g/mol. The maximum atomic E-state index is 6.21. The van der Waals surface area contributed by atoms with Crippen LogP contribution in [-0.4, -0.2) is 77.3 Å². The molecule has 4 atom stereocenters. The number of ether oxygens (including phenoxy) is 8. The third kappa shape index (κ3) is 5.27. The first-order chi connectivity index (χ1) is 15.8. The molecule has 4 aliphatic heterocycles. The molecule has 4 saturated heterocycles. The van der Waals surface area contributed by atoms with E-state index in [9.17, 15) is 0 Å². The Morgan fingerprint density at radius 3 is 1.53 bits per heavy atom. The average Bonchev–Trinajstić information content (AvgIpc) is 3.65. The molecule has 6 rings (SSSR count). The molecule has 2 aromatic rings. The molecule has 4 heterocycles. The highest BCUT2D eigenvalue weighted by molar-refractivity contribution is 5.82. The monoisotopic (exact) mass is 442 g/mol. The van der Waals surface area contributed by atoms with E-state index in [0.717, 1.165) is 30.1 Å². The molecule has 0 saturated carbocycles. The fourth-order valence-electron chi connectivity index (χ4n) is 3.34. The fraction of sp³-hybridized carbons (Fsp3) is 0.500. The average molecular weight is 442 g/mol. The van der Waals surface area contributed by atoms with Crippen molar-refractivity contribution in [3.8, 4) is 34.1 Å². The van der Waals surface area contributed by atoms with E-state index in [1.165, 1.54) is 0 Å². The molecule has 170 valence electrons. The van der Waals surface area contributed by atoms with Crippen LogP contribution in [0.25, 0.3) is 11.1 Å². The molecule has 0 radical (unpaired) electrons. The van der Waals surface area contributed by atoms with E-state index in [0.29, 0.717) is 56.9 Å². The van der Waals surface area contributed by atoms with E-state index < -0.39 is 0 Å². The second-order valence-corrected chi connectivity index (χ2v) is 8.36. The van der Waals surface area contributed by atoms with Gasteiger partial charge in [0.15, 0.2) is 0 Å². The van der Waals surface area contributed by atoms with E-state index in [1.54, 1.807) is 0 Å². The molecule has 8 heteroatoms. The van der Waals surface area contributed by atoms with Crippen LogP contribution in [0.1, 0.15) is 0 Å². The largest absolute Gasteiger partial charge is 0.491 e. The first-order valence-corrected chi connectivity index (χ1v) is 11.1. The van der Waals surface area contributed by atoms with Gasteiger partial charge in [-0.1, -0.05) is 18.2 Å². The third-order valence-electron chi connectivity index (χ3n) is 5.52. The van der Waals surface area contributed by atoms with Crippen LogP contribution in [0.2, 0.25) is 0 Å². The predicted octanol–water partition coefficient (Wildman–Crippen LogP) is 2.46. The standard InChI is InChI=1S/C24H26O8/c1-2-4-21(30-12-17-9-27-17)20(3-1)24-22(31-13-18-10-28-18)5-15(25-7-16-8-26-16)6-23(24)32-14-19-11-29-19/h1-6,16-19H,7-14H2. The minimum Gasteiger partial charge on any atom is -0.491 e. The quantitative estimate of drug-likeness (QED) is 0.437. The van der Waals surface area contributed by atoms with Crippen molar-refractivity contribution in [2.75, 3.05) is 52.9 Å². The summed E-state index contributed by atoms with van der Waals surface area (Å²) in [7, 11) is 0. The van der Waals surface area contributed by atoms with Gasteiger partial charge in [-0.05, 0) is 6.07 Å². The topological polar surface area (TPSA) is 87.0 Å². The number of hydrogen-bond acceptors (Lipinski definition) is 8. The maximum absolute atomic E-state index is 6.21. The van der Waals surface area contributed by atoms with Crippen LogP contribution >= 0.6 is 0 Å². The number of hydrogen-bond donors (Lipinski definition) is 0. The minimum atomic E-state index is 0.120. The van der Waals surface area contributed by atoms with Crippen molar-refractivity contribution in [2.24, 2.45) is 0 Å². The van der Waals surface area contributed by atoms with Gasteiger partial charge in [-0.2, -0.15) is 0 Å². The van der Waals surface area contributed by atoms with Gasteiger partial charge in [0.2, 0.25) is 0 Å². The molecule has 0 bridgehead atoms. The van der Waals surface area contributed by atoms with E-state index in [2.05, 4.69) is 0 Å². The summed E-state index contributed by atoms with van der Waals surface area (Å²) in [6.45, 7) is 4.85. The van der Waals surface area contributed by atoms with Gasteiger partial charge in [-0.3, -0.25) is 0 Å². The molecule has 2 aromatic carbocycles. The van der Waals surface area contributed by atoms with E-state index in [-0.39, 0.29) is 24.4 Å². The summed E-state index contributed by atoms with van der Waals surface area (Å²) in [6, 6.07) is 11.7. The van der Waals surface area contributed by atoms with Gasteiger partial charge in [0.05, 0.1) is 32.0 Å². The van der Waals surface area contributed by atoms with Gasteiger partial charge in [0.1, 0.15) is 73.8 Å². The second-order valence-electron chi connectivity index (χ2n) is 8.36. The molecule has 0 N–H and O–H groups in total. The normalized spacial score (nSPS) is 26.9. The zero-order valence-electron chi connectivity index (χ0n) is 17.7. The highest BCUT2D eigenvalue weighted by Crippen LogP contribution is 2.46. The van der Waals surface area contributed by atoms with Crippen LogP contribution in [-0.2, 0) is 18.9 Å². The molecule has 0 aliphatic carbocycles. The Bertz CT molecular complexity index is 910. The van der Waals surface area contributed by atoms with Crippen molar-refractivity contribution in [3.05, 3.63) is 36.4 Å². The summed E-state index contributed by atoms with van der Waals surface area (Å²) in [5, 5.41) is 0. The van der Waals surface area contributed by atoms with Crippen molar-refractivity contribution in [1.82, 2.24) is 0 Å². The van der Waals surface area contributed by atoms with Crippen molar-refractivity contribution in [1.29, 1.82) is 0 Å². The Labute approximate surface area is 186 Å². The molecular formula is C24H26O8. The lowest BCUT2D eigenvalue weighted by atomic mass is 10.0. The van der Waals surface area contributed by atoms with Crippen molar-refractivity contribution < 1.29 is 37.9 Å². The minimum absolute atomic E-state index is 0.120. The number of rotatable bonds is 13. The van der Waals surface area contributed by atoms with E-state index in [4.69, 9.17) is 37.9 Å².